The van der Waals surface area contributed by atoms with E-state index in [1.54, 1.807) is 5.01 Å². The van der Waals surface area contributed by atoms with Gasteiger partial charge in [0.2, 0.25) is 0 Å². The lowest BCUT2D eigenvalue weighted by Crippen LogP contribution is -2.41. The Labute approximate surface area is 68.7 Å². The zero-order valence-corrected chi connectivity index (χ0v) is 6.36. The van der Waals surface area contributed by atoms with Gasteiger partial charge in [-0.05, 0) is 0 Å². The smallest absolute Gasteiger partial charge is 0.322 e. The Balaban J connectivity index is 2.36. The molecule has 0 aliphatic carbocycles. The number of hydrazine groups is 1. The van der Waals surface area contributed by atoms with E-state index in [1.807, 2.05) is 0 Å². The molecule has 1 aliphatic rings. The van der Waals surface area contributed by atoms with Gasteiger partial charge in [0.1, 0.15) is 6.04 Å². The van der Waals surface area contributed by atoms with Crippen molar-refractivity contribution in [3.05, 3.63) is 0 Å². The largest absolute Gasteiger partial charge is 0.481 e. The van der Waals surface area contributed by atoms with E-state index in [4.69, 9.17) is 10.2 Å². The average Bonchev–Trinajstić information content (AvgIpc) is 2.68. The quantitative estimate of drug-likeness (QED) is 0.450. The molecule has 0 saturated carbocycles. The third-order valence-electron chi connectivity index (χ3n) is 1.46. The molecular formula is C6H10N2O4. The van der Waals surface area contributed by atoms with Crippen LogP contribution in [0.4, 0.5) is 0 Å². The molecule has 1 saturated heterocycles. The number of nitrogens with zero attached hydrogens (tertiary/aromatic N) is 1. The number of hydrogen-bond donors (Lipinski definition) is 3. The van der Waals surface area contributed by atoms with Crippen LogP contribution < -0.4 is 5.43 Å². The summed E-state index contributed by atoms with van der Waals surface area (Å²) in [7, 11) is 0. The summed E-state index contributed by atoms with van der Waals surface area (Å²) in [6, 6.07) is -1.01. The van der Waals surface area contributed by atoms with Crippen molar-refractivity contribution in [1.82, 2.24) is 10.4 Å². The molecule has 1 heterocycles. The normalized spacial score (nSPS) is 18.7. The predicted molar refractivity (Wildman–Crippen MR) is 38.4 cm³/mol. The number of aliphatic carboxylic acids is 2. The van der Waals surface area contributed by atoms with Gasteiger partial charge in [0.05, 0.1) is 6.42 Å². The van der Waals surface area contributed by atoms with Crippen LogP contribution in [0.3, 0.4) is 0 Å². The molecule has 6 heteroatoms. The minimum Gasteiger partial charge on any atom is -0.481 e. The first-order valence-electron chi connectivity index (χ1n) is 3.55. The monoisotopic (exact) mass is 174 g/mol. The Bertz CT molecular complexity index is 202. The summed E-state index contributed by atoms with van der Waals surface area (Å²) in [6.45, 7) is 1.56. The Morgan fingerprint density at radius 2 is 2.00 bits per heavy atom. The van der Waals surface area contributed by atoms with Crippen molar-refractivity contribution in [2.75, 3.05) is 13.1 Å². The van der Waals surface area contributed by atoms with Gasteiger partial charge in [0.15, 0.2) is 0 Å². The van der Waals surface area contributed by atoms with E-state index in [9.17, 15) is 9.59 Å². The molecule has 1 aliphatic heterocycles. The molecule has 1 unspecified atom stereocenters. The second kappa shape index (κ2) is 3.51. The fourth-order valence-corrected chi connectivity index (χ4v) is 0.762. The highest BCUT2D eigenvalue weighted by Crippen LogP contribution is 2.02. The highest BCUT2D eigenvalue weighted by atomic mass is 16.4. The van der Waals surface area contributed by atoms with Gasteiger partial charge in [-0.15, -0.1) is 0 Å². The van der Waals surface area contributed by atoms with Gasteiger partial charge in [0, 0.05) is 13.1 Å². The number of carbonyl (C=O) groups is 2. The molecular weight excluding hydrogens is 164 g/mol. The van der Waals surface area contributed by atoms with Crippen molar-refractivity contribution in [1.29, 1.82) is 0 Å². The molecule has 1 rings (SSSR count). The standard InChI is InChI=1S/C6H10N2O4/c9-5(10)3-4(6(11)12)7-8-1-2-8/h4,7H,1-3H2,(H,9,10)(H,11,12). The van der Waals surface area contributed by atoms with Crippen molar-refractivity contribution >= 4 is 11.9 Å². The summed E-state index contributed by atoms with van der Waals surface area (Å²) in [6.07, 6.45) is -0.397. The van der Waals surface area contributed by atoms with Crippen LogP contribution in [0.15, 0.2) is 0 Å². The number of carboxylic acids is 2. The van der Waals surface area contributed by atoms with Crippen LogP contribution in [-0.4, -0.2) is 46.3 Å². The van der Waals surface area contributed by atoms with Crippen molar-refractivity contribution < 1.29 is 19.8 Å². The Hall–Kier alpha value is -1.14. The number of nitrogens with one attached hydrogen (secondary N) is 1. The number of carboxylic acid groups (broad SMARTS) is 2. The molecule has 0 aromatic rings. The van der Waals surface area contributed by atoms with Crippen LogP contribution in [0.1, 0.15) is 6.42 Å². The van der Waals surface area contributed by atoms with E-state index in [0.717, 1.165) is 13.1 Å². The Morgan fingerprint density at radius 1 is 1.42 bits per heavy atom. The molecule has 0 bridgehead atoms. The molecule has 1 fully saturated rings. The Morgan fingerprint density at radius 3 is 2.33 bits per heavy atom. The van der Waals surface area contributed by atoms with Crippen LogP contribution in [0, 0.1) is 0 Å². The van der Waals surface area contributed by atoms with E-state index in [2.05, 4.69) is 5.43 Å². The third kappa shape index (κ3) is 2.85. The molecule has 0 spiro atoms. The van der Waals surface area contributed by atoms with E-state index < -0.39 is 24.4 Å². The van der Waals surface area contributed by atoms with Gasteiger partial charge >= 0.3 is 11.9 Å². The van der Waals surface area contributed by atoms with Crippen molar-refractivity contribution in [2.45, 2.75) is 12.5 Å². The van der Waals surface area contributed by atoms with Gasteiger partial charge in [-0.2, -0.15) is 0 Å². The van der Waals surface area contributed by atoms with Gasteiger partial charge < -0.3 is 10.2 Å². The van der Waals surface area contributed by atoms with E-state index in [0.29, 0.717) is 0 Å². The van der Waals surface area contributed by atoms with Crippen LogP contribution in [-0.2, 0) is 9.59 Å². The van der Waals surface area contributed by atoms with Crippen LogP contribution in [0.2, 0.25) is 0 Å². The SMILES string of the molecule is O=C(O)CC(NN1CC1)C(=O)O. The van der Waals surface area contributed by atoms with Crippen molar-refractivity contribution in [3.63, 3.8) is 0 Å². The maximum atomic E-state index is 10.4. The van der Waals surface area contributed by atoms with Crippen LogP contribution in [0.5, 0.6) is 0 Å². The maximum Gasteiger partial charge on any atom is 0.322 e. The third-order valence-corrected chi connectivity index (χ3v) is 1.46. The lowest BCUT2D eigenvalue weighted by atomic mass is 10.2. The average molecular weight is 174 g/mol. The topological polar surface area (TPSA) is 89.6 Å². The predicted octanol–water partition coefficient (Wildman–Crippen LogP) is -1.27. The second-order valence-electron chi connectivity index (χ2n) is 2.60. The Kier molecular flexibility index (Phi) is 2.61. The highest BCUT2D eigenvalue weighted by molar-refractivity contribution is 5.80. The fraction of sp³-hybridized carbons (Fsp3) is 0.667. The molecule has 68 valence electrons. The first-order valence-corrected chi connectivity index (χ1v) is 3.55. The number of rotatable bonds is 5. The van der Waals surface area contributed by atoms with E-state index >= 15 is 0 Å². The minimum atomic E-state index is -1.13. The van der Waals surface area contributed by atoms with Gasteiger partial charge in [-0.25, -0.2) is 10.4 Å². The second-order valence-corrected chi connectivity index (χ2v) is 2.60. The minimum absolute atomic E-state index is 0.397. The lowest BCUT2D eigenvalue weighted by Gasteiger charge is -2.11. The van der Waals surface area contributed by atoms with E-state index in [1.165, 1.54) is 0 Å². The molecule has 0 amide bonds. The molecule has 6 nitrogen and oxygen atoms in total. The summed E-state index contributed by atoms with van der Waals surface area (Å²) >= 11 is 0. The zero-order valence-electron chi connectivity index (χ0n) is 6.36. The lowest BCUT2D eigenvalue weighted by molar-refractivity contribution is -0.146. The molecule has 0 aromatic heterocycles. The van der Waals surface area contributed by atoms with Crippen LogP contribution >= 0.6 is 0 Å². The summed E-state index contributed by atoms with van der Waals surface area (Å²) in [5.41, 5.74) is 2.57. The van der Waals surface area contributed by atoms with Crippen LogP contribution in [0.25, 0.3) is 0 Å². The summed E-state index contributed by atoms with van der Waals surface area (Å²) in [4.78, 5) is 20.6. The maximum absolute atomic E-state index is 10.4. The van der Waals surface area contributed by atoms with Crippen molar-refractivity contribution in [2.24, 2.45) is 0 Å². The van der Waals surface area contributed by atoms with Gasteiger partial charge in [0.25, 0.3) is 0 Å². The molecule has 1 atom stereocenters. The summed E-state index contributed by atoms with van der Waals surface area (Å²) < 4.78 is 0. The molecule has 0 radical (unpaired) electrons. The highest BCUT2D eigenvalue weighted by Gasteiger charge is 2.27. The molecule has 3 N–H and O–H groups in total. The zero-order chi connectivity index (χ0) is 9.14. The molecule has 0 aromatic carbocycles. The fourth-order valence-electron chi connectivity index (χ4n) is 0.762. The van der Waals surface area contributed by atoms with E-state index in [-0.39, 0.29) is 0 Å². The van der Waals surface area contributed by atoms with Gasteiger partial charge in [-0.1, -0.05) is 0 Å². The summed E-state index contributed by atoms with van der Waals surface area (Å²) in [5.74, 6) is -2.25. The first-order chi connectivity index (χ1) is 5.59. The summed E-state index contributed by atoms with van der Waals surface area (Å²) in [5, 5.41) is 18.5. The number of hydrogen-bond acceptors (Lipinski definition) is 4. The van der Waals surface area contributed by atoms with Crippen molar-refractivity contribution in [3.8, 4) is 0 Å². The van der Waals surface area contributed by atoms with Gasteiger partial charge in [-0.3, -0.25) is 9.59 Å². The first kappa shape index (κ1) is 8.95. The molecule has 12 heavy (non-hydrogen) atoms.